The van der Waals surface area contributed by atoms with Crippen LogP contribution in [0.4, 0.5) is 13.2 Å². The van der Waals surface area contributed by atoms with Gasteiger partial charge in [-0.05, 0) is 61.0 Å². The number of ketones is 1. The lowest BCUT2D eigenvalue weighted by Crippen LogP contribution is -2.43. The van der Waals surface area contributed by atoms with E-state index in [-0.39, 0.29) is 32.6 Å². The summed E-state index contributed by atoms with van der Waals surface area (Å²) in [5.74, 6) is -0.840. The van der Waals surface area contributed by atoms with E-state index in [1.807, 2.05) is 0 Å². The van der Waals surface area contributed by atoms with E-state index in [2.05, 4.69) is 14.9 Å². The summed E-state index contributed by atoms with van der Waals surface area (Å²) in [6.07, 6.45) is -4.35. The van der Waals surface area contributed by atoms with Crippen LogP contribution in [0.25, 0.3) is 0 Å². The first-order valence-electron chi connectivity index (χ1n) is 10.7. The molecule has 37 heavy (non-hydrogen) atoms. The van der Waals surface area contributed by atoms with Crippen molar-refractivity contribution in [3.05, 3.63) is 93.2 Å². The van der Waals surface area contributed by atoms with Crippen molar-refractivity contribution in [2.75, 3.05) is 0 Å². The van der Waals surface area contributed by atoms with Gasteiger partial charge in [-0.15, -0.1) is 0 Å². The van der Waals surface area contributed by atoms with Crippen molar-refractivity contribution < 1.29 is 31.2 Å². The zero-order valence-electron chi connectivity index (χ0n) is 19.0. The second-order valence-electron chi connectivity index (χ2n) is 8.24. The van der Waals surface area contributed by atoms with Crippen molar-refractivity contribution in [1.82, 2.24) is 9.71 Å². The van der Waals surface area contributed by atoms with Gasteiger partial charge in [0, 0.05) is 27.4 Å². The van der Waals surface area contributed by atoms with Gasteiger partial charge in [0.2, 0.25) is 15.8 Å². The molecule has 0 fully saturated rings. The number of halogens is 5. The van der Waals surface area contributed by atoms with Crippen LogP contribution in [0, 0.1) is 6.92 Å². The van der Waals surface area contributed by atoms with Gasteiger partial charge in [0.25, 0.3) is 5.60 Å². The third-order valence-corrected chi connectivity index (χ3v) is 7.67. The summed E-state index contributed by atoms with van der Waals surface area (Å²) in [5, 5.41) is 3.37. The largest absolute Gasteiger partial charge is 0.435 e. The maximum atomic E-state index is 14.2. The highest BCUT2D eigenvalue weighted by Crippen LogP contribution is 2.49. The van der Waals surface area contributed by atoms with Gasteiger partial charge in [0.05, 0.1) is 23.6 Å². The quantitative estimate of drug-likeness (QED) is 0.373. The summed E-state index contributed by atoms with van der Waals surface area (Å²) in [6.45, 7) is 1.41. The fraction of sp³-hybridized carbons (Fsp3) is 0.208. The number of hydrogen-bond donors (Lipinski definition) is 1. The highest BCUT2D eigenvalue weighted by atomic mass is 35.5. The average Bonchev–Trinajstić information content (AvgIpc) is 3.29. The predicted octanol–water partition coefficient (Wildman–Crippen LogP) is 5.59. The summed E-state index contributed by atoms with van der Waals surface area (Å²) in [5.41, 5.74) is -3.19. The minimum absolute atomic E-state index is 0.0430. The first-order chi connectivity index (χ1) is 17.3. The lowest BCUT2D eigenvalue weighted by Gasteiger charge is -2.29. The standard InChI is InChI=1S/C24H18Cl2F3N3O4S/c1-14-8-15(5-6-21(14)37(34,35)31-13-19-4-2-3-7-30-19)22(33)20-12-23(36-32-20,24(27,28)29)16-9-17(25)11-18(26)10-16/h2-11,31H,12-13H2,1H3. The van der Waals surface area contributed by atoms with Gasteiger partial charge in [0.15, 0.2) is 0 Å². The van der Waals surface area contributed by atoms with E-state index in [4.69, 9.17) is 28.0 Å². The Kier molecular flexibility index (Phi) is 7.35. The van der Waals surface area contributed by atoms with Gasteiger partial charge in [-0.1, -0.05) is 34.4 Å². The second-order valence-corrected chi connectivity index (χ2v) is 10.9. The third-order valence-electron chi connectivity index (χ3n) is 5.67. The van der Waals surface area contributed by atoms with Gasteiger partial charge < -0.3 is 4.84 Å². The van der Waals surface area contributed by atoms with Crippen LogP contribution in [0.15, 0.2) is 70.8 Å². The van der Waals surface area contributed by atoms with Crippen LogP contribution in [0.2, 0.25) is 10.0 Å². The molecular formula is C24H18Cl2F3N3O4S. The van der Waals surface area contributed by atoms with Gasteiger partial charge in [-0.3, -0.25) is 9.78 Å². The topological polar surface area (TPSA) is 97.7 Å². The van der Waals surface area contributed by atoms with Crippen molar-refractivity contribution in [1.29, 1.82) is 0 Å². The monoisotopic (exact) mass is 571 g/mol. The summed E-state index contributed by atoms with van der Waals surface area (Å²) in [7, 11) is -3.96. The predicted molar refractivity (Wildman–Crippen MR) is 131 cm³/mol. The van der Waals surface area contributed by atoms with Crippen LogP contribution in [0.1, 0.15) is 33.6 Å². The number of Topliss-reactive ketones (excluding diaryl/α,β-unsaturated/α-hetero) is 1. The number of nitrogens with one attached hydrogen (secondary N) is 1. The fourth-order valence-corrected chi connectivity index (χ4v) is 5.57. The summed E-state index contributed by atoms with van der Waals surface area (Å²) < 4.78 is 70.5. The molecule has 0 saturated carbocycles. The number of rotatable bonds is 7. The first kappa shape index (κ1) is 27.1. The molecule has 1 atom stereocenters. The average molecular weight is 572 g/mol. The van der Waals surface area contributed by atoms with E-state index in [1.165, 1.54) is 37.4 Å². The van der Waals surface area contributed by atoms with Gasteiger partial charge in [0.1, 0.15) is 5.71 Å². The molecule has 1 unspecified atom stereocenters. The van der Waals surface area contributed by atoms with Crippen molar-refractivity contribution in [2.24, 2.45) is 5.16 Å². The fourth-order valence-electron chi connectivity index (χ4n) is 3.82. The Morgan fingerprint density at radius 1 is 1.11 bits per heavy atom. The zero-order chi connectivity index (χ0) is 27.0. The van der Waals surface area contributed by atoms with Crippen molar-refractivity contribution in [2.45, 2.75) is 36.6 Å². The molecule has 0 saturated heterocycles. The van der Waals surface area contributed by atoms with Crippen LogP contribution in [0.5, 0.6) is 0 Å². The zero-order valence-corrected chi connectivity index (χ0v) is 21.3. The molecule has 194 valence electrons. The highest BCUT2D eigenvalue weighted by Gasteiger charge is 2.63. The van der Waals surface area contributed by atoms with Crippen molar-refractivity contribution >= 4 is 44.7 Å². The molecule has 0 amide bonds. The Morgan fingerprint density at radius 3 is 2.41 bits per heavy atom. The number of sulfonamides is 1. The molecule has 0 aliphatic carbocycles. The van der Waals surface area contributed by atoms with E-state index >= 15 is 0 Å². The normalized spacial score (nSPS) is 17.8. The van der Waals surface area contributed by atoms with Crippen molar-refractivity contribution in [3.63, 3.8) is 0 Å². The van der Waals surface area contributed by atoms with E-state index < -0.39 is 45.3 Å². The number of alkyl halides is 3. The second kappa shape index (κ2) is 10.1. The van der Waals surface area contributed by atoms with Gasteiger partial charge in [-0.25, -0.2) is 13.1 Å². The minimum atomic E-state index is -4.96. The van der Waals surface area contributed by atoms with Crippen LogP contribution < -0.4 is 4.72 Å². The first-order valence-corrected chi connectivity index (χ1v) is 12.9. The lowest BCUT2D eigenvalue weighted by atomic mass is 9.86. The summed E-state index contributed by atoms with van der Waals surface area (Å²) in [6, 6.07) is 12.1. The number of aromatic nitrogens is 1. The molecule has 3 aromatic rings. The van der Waals surface area contributed by atoms with E-state index in [1.54, 1.807) is 18.2 Å². The number of aryl methyl sites for hydroxylation is 1. The smallest absolute Gasteiger partial charge is 0.374 e. The number of nitrogens with zero attached hydrogens (tertiary/aromatic N) is 2. The molecule has 1 aliphatic heterocycles. The summed E-state index contributed by atoms with van der Waals surface area (Å²) in [4.78, 5) is 21.9. The Balaban J connectivity index is 1.57. The van der Waals surface area contributed by atoms with E-state index in [0.29, 0.717) is 5.69 Å². The number of oxime groups is 1. The maximum absolute atomic E-state index is 14.2. The minimum Gasteiger partial charge on any atom is -0.374 e. The molecule has 4 rings (SSSR count). The van der Waals surface area contributed by atoms with Crippen LogP contribution in [-0.2, 0) is 27.0 Å². The Morgan fingerprint density at radius 2 is 1.81 bits per heavy atom. The van der Waals surface area contributed by atoms with E-state index in [9.17, 15) is 26.4 Å². The van der Waals surface area contributed by atoms with Crippen LogP contribution in [0.3, 0.4) is 0 Å². The molecular weight excluding hydrogens is 554 g/mol. The SMILES string of the molecule is Cc1cc(C(=O)C2=NOC(c3cc(Cl)cc(Cl)c3)(C(F)(F)F)C2)ccc1S(=O)(=O)NCc1ccccn1. The Labute approximate surface area is 220 Å². The Bertz CT molecular complexity index is 1480. The molecule has 1 N–H and O–H groups in total. The van der Waals surface area contributed by atoms with E-state index in [0.717, 1.165) is 12.1 Å². The molecule has 13 heteroatoms. The Hall–Kier alpha value is -2.99. The van der Waals surface area contributed by atoms with Crippen LogP contribution in [-0.4, -0.2) is 31.1 Å². The third kappa shape index (κ3) is 5.49. The molecule has 0 radical (unpaired) electrons. The lowest BCUT2D eigenvalue weighted by molar-refractivity contribution is -0.275. The number of carbonyl (C=O) groups excluding carboxylic acids is 1. The molecule has 1 aromatic heterocycles. The maximum Gasteiger partial charge on any atom is 0.435 e. The molecule has 0 spiro atoms. The van der Waals surface area contributed by atoms with Gasteiger partial charge in [-0.2, -0.15) is 13.2 Å². The number of hydrogen-bond acceptors (Lipinski definition) is 6. The molecule has 7 nitrogen and oxygen atoms in total. The summed E-state index contributed by atoms with van der Waals surface area (Å²) >= 11 is 11.8. The number of benzene rings is 2. The molecule has 2 heterocycles. The molecule has 2 aromatic carbocycles. The number of pyridine rings is 1. The van der Waals surface area contributed by atoms with Crippen molar-refractivity contribution in [3.8, 4) is 0 Å². The highest BCUT2D eigenvalue weighted by molar-refractivity contribution is 7.89. The molecule has 0 bridgehead atoms. The molecule has 1 aliphatic rings. The van der Waals surface area contributed by atoms with Crippen LogP contribution >= 0.6 is 23.2 Å². The number of carbonyl (C=O) groups is 1. The van der Waals surface area contributed by atoms with Gasteiger partial charge >= 0.3 is 6.18 Å².